The van der Waals surface area contributed by atoms with Crippen molar-refractivity contribution in [3.8, 4) is 28.5 Å². The smallest absolute Gasteiger partial charge is 0.251 e. The SMILES string of the molecule is CCOc1ccc(C(=O)NCc2cc(-c3ccc(OC)cc3)ncn2)cc1OCC. The lowest BCUT2D eigenvalue weighted by atomic mass is 10.1. The van der Waals surface area contributed by atoms with E-state index < -0.39 is 0 Å². The van der Waals surface area contributed by atoms with E-state index in [4.69, 9.17) is 14.2 Å². The minimum absolute atomic E-state index is 0.219. The summed E-state index contributed by atoms with van der Waals surface area (Å²) in [4.78, 5) is 21.2. The number of amides is 1. The van der Waals surface area contributed by atoms with Crippen molar-refractivity contribution in [1.29, 1.82) is 0 Å². The number of benzene rings is 2. The van der Waals surface area contributed by atoms with E-state index in [1.807, 2.05) is 44.2 Å². The van der Waals surface area contributed by atoms with Crippen molar-refractivity contribution in [3.63, 3.8) is 0 Å². The quantitative estimate of drug-likeness (QED) is 0.580. The highest BCUT2D eigenvalue weighted by atomic mass is 16.5. The summed E-state index contributed by atoms with van der Waals surface area (Å²) in [6.07, 6.45) is 1.49. The van der Waals surface area contributed by atoms with Gasteiger partial charge in [-0.3, -0.25) is 4.79 Å². The molecular formula is C23H25N3O4. The fourth-order valence-corrected chi connectivity index (χ4v) is 2.88. The molecule has 3 aromatic rings. The number of aromatic nitrogens is 2. The lowest BCUT2D eigenvalue weighted by Gasteiger charge is -2.12. The summed E-state index contributed by atoms with van der Waals surface area (Å²) in [6, 6.07) is 14.6. The molecule has 7 heteroatoms. The fraction of sp³-hybridized carbons (Fsp3) is 0.261. The van der Waals surface area contributed by atoms with Gasteiger partial charge < -0.3 is 19.5 Å². The molecule has 1 aromatic heterocycles. The first-order valence-corrected chi connectivity index (χ1v) is 9.77. The second-order valence-electron chi connectivity index (χ2n) is 6.33. The van der Waals surface area contributed by atoms with Gasteiger partial charge in [-0.1, -0.05) is 0 Å². The summed E-state index contributed by atoms with van der Waals surface area (Å²) < 4.78 is 16.3. The Labute approximate surface area is 176 Å². The second kappa shape index (κ2) is 10.2. The molecule has 0 aliphatic carbocycles. The van der Waals surface area contributed by atoms with Gasteiger partial charge in [0.2, 0.25) is 0 Å². The van der Waals surface area contributed by atoms with Gasteiger partial charge in [0.05, 0.1) is 38.3 Å². The average Bonchev–Trinajstić information content (AvgIpc) is 2.79. The molecular weight excluding hydrogens is 382 g/mol. The Bertz CT molecular complexity index is 990. The predicted octanol–water partition coefficient (Wildman–Crippen LogP) is 3.88. The minimum atomic E-state index is -0.219. The zero-order chi connectivity index (χ0) is 21.3. The molecule has 0 spiro atoms. The number of ether oxygens (including phenoxy) is 3. The van der Waals surface area contributed by atoms with Crippen LogP contribution in [0.15, 0.2) is 54.9 Å². The van der Waals surface area contributed by atoms with E-state index >= 15 is 0 Å². The van der Waals surface area contributed by atoms with Crippen molar-refractivity contribution >= 4 is 5.91 Å². The van der Waals surface area contributed by atoms with Crippen molar-refractivity contribution in [2.75, 3.05) is 20.3 Å². The summed E-state index contributed by atoms with van der Waals surface area (Å²) in [5.74, 6) is 1.73. The third-order valence-corrected chi connectivity index (χ3v) is 4.35. The maximum atomic E-state index is 12.6. The Morgan fingerprint density at radius 1 is 0.933 bits per heavy atom. The van der Waals surface area contributed by atoms with Crippen LogP contribution in [0, 0.1) is 0 Å². The first-order chi connectivity index (χ1) is 14.6. The van der Waals surface area contributed by atoms with Gasteiger partial charge in [-0.15, -0.1) is 0 Å². The van der Waals surface area contributed by atoms with Crippen LogP contribution in [0.2, 0.25) is 0 Å². The Kier molecular flexibility index (Phi) is 7.21. The van der Waals surface area contributed by atoms with E-state index in [-0.39, 0.29) is 12.5 Å². The summed E-state index contributed by atoms with van der Waals surface area (Å²) in [5.41, 5.74) is 2.92. The van der Waals surface area contributed by atoms with Gasteiger partial charge in [0, 0.05) is 11.1 Å². The highest BCUT2D eigenvalue weighted by Crippen LogP contribution is 2.28. The van der Waals surface area contributed by atoms with Crippen LogP contribution in [-0.4, -0.2) is 36.2 Å². The first kappa shape index (κ1) is 21.1. The Balaban J connectivity index is 1.69. The molecule has 0 bridgehead atoms. The Hall–Kier alpha value is -3.61. The number of hydrogen-bond donors (Lipinski definition) is 1. The van der Waals surface area contributed by atoms with E-state index in [1.165, 1.54) is 6.33 Å². The molecule has 2 aromatic carbocycles. The van der Waals surface area contributed by atoms with Crippen LogP contribution >= 0.6 is 0 Å². The number of carbonyl (C=O) groups excluding carboxylic acids is 1. The molecule has 156 valence electrons. The second-order valence-corrected chi connectivity index (χ2v) is 6.33. The molecule has 0 unspecified atom stereocenters. The third kappa shape index (κ3) is 5.26. The third-order valence-electron chi connectivity index (χ3n) is 4.35. The van der Waals surface area contributed by atoms with Crippen LogP contribution in [0.5, 0.6) is 17.2 Å². The Morgan fingerprint density at radius 3 is 2.37 bits per heavy atom. The molecule has 7 nitrogen and oxygen atoms in total. The van der Waals surface area contributed by atoms with Crippen molar-refractivity contribution in [2.24, 2.45) is 0 Å². The molecule has 1 amide bonds. The molecule has 0 fully saturated rings. The lowest BCUT2D eigenvalue weighted by Crippen LogP contribution is -2.23. The highest BCUT2D eigenvalue weighted by Gasteiger charge is 2.12. The van der Waals surface area contributed by atoms with Crippen LogP contribution in [0.1, 0.15) is 29.9 Å². The Morgan fingerprint density at radius 2 is 1.67 bits per heavy atom. The number of methoxy groups -OCH3 is 1. The van der Waals surface area contributed by atoms with Crippen molar-refractivity contribution < 1.29 is 19.0 Å². The van der Waals surface area contributed by atoms with Gasteiger partial charge >= 0.3 is 0 Å². The van der Waals surface area contributed by atoms with Crippen LogP contribution in [0.25, 0.3) is 11.3 Å². The number of rotatable bonds is 9. The molecule has 0 radical (unpaired) electrons. The van der Waals surface area contributed by atoms with Crippen LogP contribution < -0.4 is 19.5 Å². The number of hydrogen-bond acceptors (Lipinski definition) is 6. The summed E-state index contributed by atoms with van der Waals surface area (Å²) in [5, 5.41) is 2.89. The van der Waals surface area contributed by atoms with Crippen molar-refractivity contribution in [2.45, 2.75) is 20.4 Å². The largest absolute Gasteiger partial charge is 0.497 e. The summed E-state index contributed by atoms with van der Waals surface area (Å²) >= 11 is 0. The summed E-state index contributed by atoms with van der Waals surface area (Å²) in [6.45, 7) is 5.08. The van der Waals surface area contributed by atoms with Crippen molar-refractivity contribution in [3.05, 3.63) is 66.1 Å². The molecule has 0 aliphatic rings. The van der Waals surface area contributed by atoms with Gasteiger partial charge in [0.1, 0.15) is 12.1 Å². The molecule has 0 saturated carbocycles. The van der Waals surface area contributed by atoms with E-state index in [1.54, 1.807) is 25.3 Å². The average molecular weight is 407 g/mol. The molecule has 30 heavy (non-hydrogen) atoms. The maximum Gasteiger partial charge on any atom is 0.251 e. The molecule has 0 saturated heterocycles. The van der Waals surface area contributed by atoms with E-state index in [9.17, 15) is 4.79 Å². The fourth-order valence-electron chi connectivity index (χ4n) is 2.88. The van der Waals surface area contributed by atoms with Crippen molar-refractivity contribution in [1.82, 2.24) is 15.3 Å². The zero-order valence-electron chi connectivity index (χ0n) is 17.3. The zero-order valence-corrected chi connectivity index (χ0v) is 17.3. The number of nitrogens with one attached hydrogen (secondary N) is 1. The predicted molar refractivity (Wildman–Crippen MR) is 114 cm³/mol. The van der Waals surface area contributed by atoms with Gasteiger partial charge in [-0.2, -0.15) is 0 Å². The molecule has 1 heterocycles. The normalized spacial score (nSPS) is 10.4. The highest BCUT2D eigenvalue weighted by molar-refractivity contribution is 5.94. The minimum Gasteiger partial charge on any atom is -0.497 e. The van der Waals surface area contributed by atoms with Gasteiger partial charge in [-0.25, -0.2) is 9.97 Å². The number of carbonyl (C=O) groups is 1. The van der Waals surface area contributed by atoms with E-state index in [0.717, 1.165) is 17.0 Å². The lowest BCUT2D eigenvalue weighted by molar-refractivity contribution is 0.0950. The standard InChI is InChI=1S/C23H25N3O4/c1-4-29-21-11-8-17(12-22(21)30-5-2)23(27)24-14-18-13-20(26-15-25-18)16-6-9-19(28-3)10-7-16/h6-13,15H,4-5,14H2,1-3H3,(H,24,27). The van der Waals surface area contributed by atoms with Gasteiger partial charge in [0.15, 0.2) is 11.5 Å². The van der Waals surface area contributed by atoms with E-state index in [0.29, 0.717) is 36.0 Å². The van der Waals surface area contributed by atoms with Gasteiger partial charge in [0.25, 0.3) is 5.91 Å². The molecule has 1 N–H and O–H groups in total. The van der Waals surface area contributed by atoms with Crippen LogP contribution in [-0.2, 0) is 6.54 Å². The molecule has 0 atom stereocenters. The topological polar surface area (TPSA) is 82.6 Å². The maximum absolute atomic E-state index is 12.6. The first-order valence-electron chi connectivity index (χ1n) is 9.77. The molecule has 3 rings (SSSR count). The van der Waals surface area contributed by atoms with Gasteiger partial charge in [-0.05, 0) is 62.4 Å². The molecule has 0 aliphatic heterocycles. The monoisotopic (exact) mass is 407 g/mol. The van der Waals surface area contributed by atoms with Crippen LogP contribution in [0.4, 0.5) is 0 Å². The number of nitrogens with zero attached hydrogens (tertiary/aromatic N) is 2. The summed E-state index contributed by atoms with van der Waals surface area (Å²) in [7, 11) is 1.63. The van der Waals surface area contributed by atoms with E-state index in [2.05, 4.69) is 15.3 Å². The van der Waals surface area contributed by atoms with Crippen LogP contribution in [0.3, 0.4) is 0 Å².